The molecule has 0 unspecified atom stereocenters. The van der Waals surface area contributed by atoms with Crippen LogP contribution in [0.25, 0.3) is 6.08 Å². The van der Waals surface area contributed by atoms with Crippen LogP contribution < -0.4 is 19.6 Å². The Morgan fingerprint density at radius 3 is 2.69 bits per heavy atom. The predicted molar refractivity (Wildman–Crippen MR) is 113 cm³/mol. The highest BCUT2D eigenvalue weighted by molar-refractivity contribution is 7.11. The van der Waals surface area contributed by atoms with E-state index in [9.17, 15) is 9.59 Å². The Bertz CT molecular complexity index is 1280. The van der Waals surface area contributed by atoms with Gasteiger partial charge in [-0.3, -0.25) is 9.36 Å². The molecule has 1 atom stereocenters. The lowest BCUT2D eigenvalue weighted by molar-refractivity contribution is -0.136. The number of thiazole rings is 1. The Morgan fingerprint density at radius 2 is 2.00 bits per heavy atom. The van der Waals surface area contributed by atoms with Crippen molar-refractivity contribution in [2.45, 2.75) is 13.0 Å². The second-order valence-corrected chi connectivity index (χ2v) is 8.32. The smallest absolute Gasteiger partial charge is 0.338 e. The number of aromatic nitrogens is 1. The van der Waals surface area contributed by atoms with E-state index in [1.807, 2.05) is 41.8 Å². The highest BCUT2D eigenvalue weighted by Crippen LogP contribution is 2.35. The number of para-hydroxylation sites is 1. The summed E-state index contributed by atoms with van der Waals surface area (Å²) in [7, 11) is 2.89. The van der Waals surface area contributed by atoms with E-state index < -0.39 is 12.0 Å². The molecule has 1 aromatic carbocycles. The molecule has 1 aliphatic heterocycles. The normalized spacial score (nSPS) is 16.4. The first kappa shape index (κ1) is 19.4. The van der Waals surface area contributed by atoms with Crippen molar-refractivity contribution in [3.05, 3.63) is 83.2 Å². The Hall–Kier alpha value is -2.97. The summed E-state index contributed by atoms with van der Waals surface area (Å²) in [6.45, 7) is 1.75. The highest BCUT2D eigenvalue weighted by Gasteiger charge is 2.34. The van der Waals surface area contributed by atoms with Crippen LogP contribution in [0.5, 0.6) is 5.75 Å². The van der Waals surface area contributed by atoms with Gasteiger partial charge in [-0.15, -0.1) is 11.3 Å². The average molecular weight is 427 g/mol. The molecule has 3 aromatic rings. The fourth-order valence-corrected chi connectivity index (χ4v) is 5.15. The number of hydrogen-bond donors (Lipinski definition) is 0. The van der Waals surface area contributed by atoms with Crippen molar-refractivity contribution < 1.29 is 14.3 Å². The molecule has 0 radical (unpaired) electrons. The van der Waals surface area contributed by atoms with Crippen LogP contribution >= 0.6 is 22.7 Å². The zero-order valence-corrected chi connectivity index (χ0v) is 17.7. The van der Waals surface area contributed by atoms with Gasteiger partial charge in [0, 0.05) is 10.4 Å². The van der Waals surface area contributed by atoms with E-state index in [4.69, 9.17) is 9.47 Å². The molecule has 29 heavy (non-hydrogen) atoms. The number of nitrogens with zero attached hydrogens (tertiary/aromatic N) is 2. The standard InChI is InChI=1S/C21H18N2O4S2/c1-12-17(20(25)27-3)18(14-8-4-5-9-15(14)26-2)23-19(24)16(29-21(23)22-12)11-13-7-6-10-28-13/h4-11,18H,1-3H3/b16-11-/t18-/m0/s1. The fraction of sp³-hybridized carbons (Fsp3) is 0.190. The SMILES string of the molecule is COC(=O)C1=C(C)N=c2s/c(=C\c3cccs3)c(=O)n2[C@H]1c1ccccc1OC. The minimum absolute atomic E-state index is 0.202. The van der Waals surface area contributed by atoms with Crippen LogP contribution in [0.3, 0.4) is 0 Å². The number of hydrogen-bond acceptors (Lipinski definition) is 7. The monoisotopic (exact) mass is 426 g/mol. The summed E-state index contributed by atoms with van der Waals surface area (Å²) >= 11 is 2.86. The molecule has 0 saturated carbocycles. The maximum Gasteiger partial charge on any atom is 0.338 e. The molecule has 0 amide bonds. The number of thiophene rings is 1. The number of ether oxygens (including phenoxy) is 2. The predicted octanol–water partition coefficient (Wildman–Crippen LogP) is 2.48. The third-order valence-electron chi connectivity index (χ3n) is 4.68. The summed E-state index contributed by atoms with van der Waals surface area (Å²) in [5.41, 5.74) is 1.35. The van der Waals surface area contributed by atoms with Crippen LogP contribution in [0.4, 0.5) is 0 Å². The van der Waals surface area contributed by atoms with Crippen LogP contribution in [0, 0.1) is 0 Å². The van der Waals surface area contributed by atoms with Crippen LogP contribution in [0.15, 0.2) is 62.8 Å². The summed E-state index contributed by atoms with van der Waals surface area (Å²) in [4.78, 5) is 32.1. The van der Waals surface area contributed by atoms with E-state index in [1.165, 1.54) is 18.4 Å². The van der Waals surface area contributed by atoms with Crippen LogP contribution in [-0.2, 0) is 9.53 Å². The molecule has 4 rings (SSSR count). The van der Waals surface area contributed by atoms with Gasteiger partial charge in [0.05, 0.1) is 30.0 Å². The number of allylic oxidation sites excluding steroid dienone is 1. The second kappa shape index (κ2) is 7.81. The molecule has 3 heterocycles. The van der Waals surface area contributed by atoms with E-state index in [1.54, 1.807) is 36.0 Å². The van der Waals surface area contributed by atoms with Crippen molar-refractivity contribution in [3.63, 3.8) is 0 Å². The van der Waals surface area contributed by atoms with E-state index in [2.05, 4.69) is 4.99 Å². The summed E-state index contributed by atoms with van der Waals surface area (Å²) in [6.07, 6.45) is 1.85. The molecule has 2 aromatic heterocycles. The minimum Gasteiger partial charge on any atom is -0.496 e. The zero-order valence-electron chi connectivity index (χ0n) is 16.0. The Labute approximate surface area is 174 Å². The molecule has 0 bridgehead atoms. The molecule has 0 saturated heterocycles. The molecular formula is C21H18N2O4S2. The second-order valence-electron chi connectivity index (χ2n) is 6.33. The summed E-state index contributed by atoms with van der Waals surface area (Å²) in [5, 5.41) is 1.96. The highest BCUT2D eigenvalue weighted by atomic mass is 32.1. The Balaban J connectivity index is 2.03. The largest absolute Gasteiger partial charge is 0.496 e. The number of carbonyl (C=O) groups is 1. The molecule has 8 heteroatoms. The first-order valence-corrected chi connectivity index (χ1v) is 10.5. The third kappa shape index (κ3) is 3.34. The molecule has 1 aliphatic rings. The zero-order chi connectivity index (χ0) is 20.5. The van der Waals surface area contributed by atoms with Gasteiger partial charge in [-0.05, 0) is 30.5 Å². The molecule has 0 aliphatic carbocycles. The molecule has 6 nitrogen and oxygen atoms in total. The van der Waals surface area contributed by atoms with E-state index in [0.717, 1.165) is 4.88 Å². The maximum atomic E-state index is 13.4. The number of esters is 1. The number of methoxy groups -OCH3 is 2. The van der Waals surface area contributed by atoms with Gasteiger partial charge in [0.1, 0.15) is 11.8 Å². The summed E-state index contributed by atoms with van der Waals surface area (Å²) < 4.78 is 12.7. The Morgan fingerprint density at radius 1 is 1.21 bits per heavy atom. The first-order chi connectivity index (χ1) is 14.0. The van der Waals surface area contributed by atoms with Crippen molar-refractivity contribution in [3.8, 4) is 5.75 Å². The lowest BCUT2D eigenvalue weighted by Gasteiger charge is -2.25. The summed E-state index contributed by atoms with van der Waals surface area (Å²) in [5.74, 6) is 0.0659. The molecule has 0 N–H and O–H groups in total. The van der Waals surface area contributed by atoms with Crippen molar-refractivity contribution in [1.82, 2.24) is 4.57 Å². The number of fused-ring (bicyclic) bond motifs is 1. The molecule has 148 valence electrons. The van der Waals surface area contributed by atoms with Gasteiger partial charge in [-0.1, -0.05) is 35.6 Å². The van der Waals surface area contributed by atoms with Crippen LogP contribution in [-0.4, -0.2) is 24.8 Å². The number of rotatable bonds is 4. The van der Waals surface area contributed by atoms with E-state index >= 15 is 0 Å². The quantitative estimate of drug-likeness (QED) is 0.601. The van der Waals surface area contributed by atoms with Gasteiger partial charge in [-0.25, -0.2) is 9.79 Å². The van der Waals surface area contributed by atoms with Gasteiger partial charge in [0.25, 0.3) is 5.56 Å². The van der Waals surface area contributed by atoms with Gasteiger partial charge < -0.3 is 9.47 Å². The molecular weight excluding hydrogens is 408 g/mol. The van der Waals surface area contributed by atoms with Crippen molar-refractivity contribution in [1.29, 1.82) is 0 Å². The summed E-state index contributed by atoms with van der Waals surface area (Å²) in [6, 6.07) is 10.6. The van der Waals surface area contributed by atoms with Crippen molar-refractivity contribution >= 4 is 34.7 Å². The van der Waals surface area contributed by atoms with Crippen molar-refractivity contribution in [2.24, 2.45) is 4.99 Å². The van der Waals surface area contributed by atoms with E-state index in [-0.39, 0.29) is 5.56 Å². The van der Waals surface area contributed by atoms with Gasteiger partial charge >= 0.3 is 5.97 Å². The fourth-order valence-electron chi connectivity index (χ4n) is 3.38. The first-order valence-electron chi connectivity index (χ1n) is 8.82. The average Bonchev–Trinajstić information content (AvgIpc) is 3.35. The van der Waals surface area contributed by atoms with Crippen LogP contribution in [0.2, 0.25) is 0 Å². The third-order valence-corrected chi connectivity index (χ3v) is 6.48. The maximum absolute atomic E-state index is 13.4. The lowest BCUT2D eigenvalue weighted by Crippen LogP contribution is -2.39. The van der Waals surface area contributed by atoms with Crippen molar-refractivity contribution in [2.75, 3.05) is 14.2 Å². The number of carbonyl (C=O) groups excluding carboxylic acids is 1. The topological polar surface area (TPSA) is 69.9 Å². The van der Waals surface area contributed by atoms with Gasteiger partial charge in [0.2, 0.25) is 0 Å². The molecule has 0 spiro atoms. The van der Waals surface area contributed by atoms with Gasteiger partial charge in [0.15, 0.2) is 4.80 Å². The lowest BCUT2D eigenvalue weighted by atomic mass is 9.95. The van der Waals surface area contributed by atoms with Crippen LogP contribution in [0.1, 0.15) is 23.4 Å². The van der Waals surface area contributed by atoms with E-state index in [0.29, 0.717) is 31.9 Å². The Kier molecular flexibility index (Phi) is 5.21. The molecule has 0 fully saturated rings. The minimum atomic E-state index is -0.680. The number of benzene rings is 1. The van der Waals surface area contributed by atoms with Gasteiger partial charge in [-0.2, -0.15) is 0 Å².